The Morgan fingerprint density at radius 2 is 1.91 bits per heavy atom. The quantitative estimate of drug-likeness (QED) is 0.214. The number of hydrogen-bond acceptors (Lipinski definition) is 9. The SMILES string of the molecule is COc1cc2c(cc1C1(CCOCCS(=O)(=O)C(C)C)CC=CO1)C(N)(c1cccc(Cl)c1OCc1cccc(F)c1)N=CN2. The number of hydrogen-bond donors (Lipinski definition) is 2. The molecular formula is C33H37ClFN3O6S. The summed E-state index contributed by atoms with van der Waals surface area (Å²) < 4.78 is 62.3. The van der Waals surface area contributed by atoms with Crippen LogP contribution in [-0.4, -0.2) is 46.1 Å². The number of methoxy groups -OCH3 is 1. The van der Waals surface area contributed by atoms with Crippen molar-refractivity contribution in [3.63, 3.8) is 0 Å². The van der Waals surface area contributed by atoms with Crippen molar-refractivity contribution in [2.45, 2.75) is 49.8 Å². The Hall–Kier alpha value is -3.64. The van der Waals surface area contributed by atoms with Gasteiger partial charge in [-0.1, -0.05) is 35.9 Å². The maximum atomic E-state index is 13.8. The Kier molecular flexibility index (Phi) is 9.74. The Labute approximate surface area is 268 Å². The number of nitrogens with two attached hydrogens (primary N) is 1. The number of anilines is 1. The molecule has 0 radical (unpaired) electrons. The summed E-state index contributed by atoms with van der Waals surface area (Å²) in [6.07, 6.45) is 6.03. The second-order valence-corrected chi connectivity index (χ2v) is 14.4. The first-order chi connectivity index (χ1) is 21.5. The molecule has 3 aromatic carbocycles. The Morgan fingerprint density at radius 1 is 1.11 bits per heavy atom. The molecule has 12 heteroatoms. The van der Waals surface area contributed by atoms with Crippen LogP contribution in [0.25, 0.3) is 0 Å². The first-order valence-corrected chi connectivity index (χ1v) is 16.7. The maximum absolute atomic E-state index is 13.8. The predicted molar refractivity (Wildman–Crippen MR) is 173 cm³/mol. The summed E-state index contributed by atoms with van der Waals surface area (Å²) in [5.41, 5.74) is 8.01. The van der Waals surface area contributed by atoms with Crippen LogP contribution in [0.3, 0.4) is 0 Å². The highest BCUT2D eigenvalue weighted by molar-refractivity contribution is 7.91. The molecule has 3 N–H and O–H groups in total. The summed E-state index contributed by atoms with van der Waals surface area (Å²) in [4.78, 5) is 4.68. The molecule has 2 aliphatic heterocycles. The maximum Gasteiger partial charge on any atom is 0.167 e. The average molecular weight is 658 g/mol. The van der Waals surface area contributed by atoms with Gasteiger partial charge in [0.1, 0.15) is 29.5 Å². The number of sulfone groups is 1. The van der Waals surface area contributed by atoms with Crippen molar-refractivity contribution >= 4 is 33.5 Å². The summed E-state index contributed by atoms with van der Waals surface area (Å²) in [6.45, 7) is 3.72. The zero-order chi connectivity index (χ0) is 32.2. The van der Waals surface area contributed by atoms with E-state index in [2.05, 4.69) is 10.3 Å². The Morgan fingerprint density at radius 3 is 2.62 bits per heavy atom. The van der Waals surface area contributed by atoms with Crippen LogP contribution in [0.15, 0.2) is 71.9 Å². The molecule has 0 aliphatic carbocycles. The van der Waals surface area contributed by atoms with Gasteiger partial charge in [0.15, 0.2) is 15.5 Å². The van der Waals surface area contributed by atoms with Crippen LogP contribution in [0.5, 0.6) is 11.5 Å². The summed E-state index contributed by atoms with van der Waals surface area (Å²) >= 11 is 6.65. The van der Waals surface area contributed by atoms with Crippen LogP contribution in [0.1, 0.15) is 48.9 Å². The highest BCUT2D eigenvalue weighted by Gasteiger charge is 2.43. The van der Waals surface area contributed by atoms with Crippen LogP contribution < -0.4 is 20.5 Å². The molecule has 2 aliphatic rings. The lowest BCUT2D eigenvalue weighted by molar-refractivity contribution is 0.00101. The Bertz CT molecular complexity index is 1710. The standard InChI is InChI=1S/C33H37ClFN3O6S/c1-22(2)45(39,40)16-15-42-14-12-32(11-6-13-44-32)27-18-26-29(19-30(27)41-3)37-21-38-33(26,36)25-9-5-10-28(34)31(25)43-20-23-7-4-8-24(35)17-23/h4-10,13,17-19,21-22H,11-12,14-16,20,36H2,1-3H3,(H,37,38). The largest absolute Gasteiger partial charge is 0.496 e. The molecule has 2 heterocycles. The summed E-state index contributed by atoms with van der Waals surface area (Å²) in [6, 6.07) is 15.1. The van der Waals surface area contributed by atoms with Crippen molar-refractivity contribution in [1.29, 1.82) is 0 Å². The number of benzene rings is 3. The lowest BCUT2D eigenvalue weighted by Gasteiger charge is -2.36. The average Bonchev–Trinajstić information content (AvgIpc) is 3.49. The number of halogens is 2. The molecule has 45 heavy (non-hydrogen) atoms. The molecule has 0 fully saturated rings. The molecule has 0 aromatic heterocycles. The van der Waals surface area contributed by atoms with Crippen molar-refractivity contribution in [2.24, 2.45) is 10.7 Å². The number of para-hydroxylation sites is 1. The molecule has 5 rings (SSSR count). The minimum absolute atomic E-state index is 0.0540. The van der Waals surface area contributed by atoms with E-state index in [4.69, 9.17) is 36.3 Å². The van der Waals surface area contributed by atoms with Gasteiger partial charge in [0.2, 0.25) is 0 Å². The minimum atomic E-state index is -3.21. The summed E-state index contributed by atoms with van der Waals surface area (Å²) in [7, 11) is -1.63. The van der Waals surface area contributed by atoms with E-state index in [0.29, 0.717) is 51.7 Å². The van der Waals surface area contributed by atoms with Crippen LogP contribution in [0.4, 0.5) is 10.1 Å². The highest BCUT2D eigenvalue weighted by Crippen LogP contribution is 2.49. The molecule has 2 unspecified atom stereocenters. The lowest BCUT2D eigenvalue weighted by atomic mass is 9.82. The smallest absolute Gasteiger partial charge is 0.167 e. The van der Waals surface area contributed by atoms with Crippen LogP contribution >= 0.6 is 11.6 Å². The highest BCUT2D eigenvalue weighted by atomic mass is 35.5. The van der Waals surface area contributed by atoms with Crippen molar-refractivity contribution in [1.82, 2.24) is 0 Å². The van der Waals surface area contributed by atoms with E-state index in [1.54, 1.807) is 57.6 Å². The predicted octanol–water partition coefficient (Wildman–Crippen LogP) is 6.04. The third kappa shape index (κ3) is 6.81. The van der Waals surface area contributed by atoms with Gasteiger partial charge >= 0.3 is 0 Å². The van der Waals surface area contributed by atoms with Gasteiger partial charge in [0.25, 0.3) is 0 Å². The van der Waals surface area contributed by atoms with Crippen LogP contribution in [0, 0.1) is 5.82 Å². The van der Waals surface area contributed by atoms with Gasteiger partial charge in [-0.05, 0) is 49.8 Å². The monoisotopic (exact) mass is 657 g/mol. The molecule has 0 saturated carbocycles. The van der Waals surface area contributed by atoms with E-state index in [1.807, 2.05) is 18.2 Å². The molecule has 2 atom stereocenters. The summed E-state index contributed by atoms with van der Waals surface area (Å²) in [5.74, 6) is 0.472. The molecule has 0 spiro atoms. The van der Waals surface area contributed by atoms with Crippen molar-refractivity contribution in [3.8, 4) is 11.5 Å². The van der Waals surface area contributed by atoms with E-state index < -0.39 is 26.4 Å². The van der Waals surface area contributed by atoms with Crippen molar-refractivity contribution < 1.29 is 31.8 Å². The number of ether oxygens (including phenoxy) is 4. The number of aliphatic imine (C=N–C) groups is 1. The van der Waals surface area contributed by atoms with Gasteiger partial charge in [-0.15, -0.1) is 0 Å². The van der Waals surface area contributed by atoms with E-state index >= 15 is 0 Å². The van der Waals surface area contributed by atoms with Gasteiger partial charge in [-0.3, -0.25) is 5.73 Å². The molecule has 3 aromatic rings. The first kappa shape index (κ1) is 32.7. The fraction of sp³-hybridized carbons (Fsp3) is 0.364. The second-order valence-electron chi connectivity index (χ2n) is 11.3. The summed E-state index contributed by atoms with van der Waals surface area (Å²) in [5, 5.41) is 3.03. The normalized spacial score (nSPS) is 20.5. The minimum Gasteiger partial charge on any atom is -0.496 e. The lowest BCUT2D eigenvalue weighted by Crippen LogP contribution is -2.40. The zero-order valence-electron chi connectivity index (χ0n) is 25.4. The van der Waals surface area contributed by atoms with Gasteiger partial charge in [-0.25, -0.2) is 17.8 Å². The first-order valence-electron chi connectivity index (χ1n) is 14.6. The number of fused-ring (bicyclic) bond motifs is 1. The topological polar surface area (TPSA) is 121 Å². The zero-order valence-corrected chi connectivity index (χ0v) is 27.0. The third-order valence-electron chi connectivity index (χ3n) is 8.10. The number of nitrogens with zero attached hydrogens (tertiary/aromatic N) is 1. The molecule has 0 saturated heterocycles. The number of rotatable bonds is 13. The van der Waals surface area contributed by atoms with E-state index in [-0.39, 0.29) is 31.4 Å². The molecular weight excluding hydrogens is 621 g/mol. The van der Waals surface area contributed by atoms with Crippen molar-refractivity contribution in [2.75, 3.05) is 31.4 Å². The van der Waals surface area contributed by atoms with Gasteiger partial charge in [0.05, 0.1) is 54.6 Å². The molecule has 0 bridgehead atoms. The fourth-order valence-electron chi connectivity index (χ4n) is 5.45. The molecule has 240 valence electrons. The fourth-order valence-corrected chi connectivity index (χ4v) is 6.50. The third-order valence-corrected chi connectivity index (χ3v) is 10.6. The molecule has 9 nitrogen and oxygen atoms in total. The van der Waals surface area contributed by atoms with Gasteiger partial charge in [-0.2, -0.15) is 0 Å². The number of nitrogens with one attached hydrogen (secondary N) is 1. The van der Waals surface area contributed by atoms with Gasteiger partial charge < -0.3 is 24.3 Å². The Balaban J connectivity index is 1.48. The van der Waals surface area contributed by atoms with E-state index in [0.717, 1.165) is 5.56 Å². The van der Waals surface area contributed by atoms with Crippen molar-refractivity contribution in [3.05, 3.63) is 100 Å². The molecule has 0 amide bonds. The van der Waals surface area contributed by atoms with Gasteiger partial charge in [0, 0.05) is 35.6 Å². The van der Waals surface area contributed by atoms with Crippen LogP contribution in [0.2, 0.25) is 5.02 Å². The second kappa shape index (κ2) is 13.4. The van der Waals surface area contributed by atoms with E-state index in [1.165, 1.54) is 18.5 Å². The van der Waals surface area contributed by atoms with Crippen LogP contribution in [-0.2, 0) is 37.2 Å². The van der Waals surface area contributed by atoms with E-state index in [9.17, 15) is 12.8 Å².